The number of fused-ring (bicyclic) bond motifs is 1. The van der Waals surface area contributed by atoms with Crippen molar-refractivity contribution in [3.63, 3.8) is 0 Å². The number of anilines is 1. The van der Waals surface area contributed by atoms with Gasteiger partial charge in [0.2, 0.25) is 5.95 Å². The fourth-order valence-corrected chi connectivity index (χ4v) is 4.27. The Bertz CT molecular complexity index is 859. The van der Waals surface area contributed by atoms with Gasteiger partial charge in [-0.15, -0.1) is 0 Å². The van der Waals surface area contributed by atoms with Gasteiger partial charge in [0.15, 0.2) is 0 Å². The number of rotatable bonds is 4. The normalized spacial score (nSPS) is 21.0. The lowest BCUT2D eigenvalue weighted by Crippen LogP contribution is -2.65. The summed E-state index contributed by atoms with van der Waals surface area (Å²) in [5.74, 6) is 2.36. The van der Waals surface area contributed by atoms with Gasteiger partial charge in [-0.2, -0.15) is 0 Å². The number of amides is 1. The van der Waals surface area contributed by atoms with E-state index in [1.165, 1.54) is 0 Å². The molecule has 28 heavy (non-hydrogen) atoms. The van der Waals surface area contributed by atoms with Gasteiger partial charge in [0.25, 0.3) is 5.91 Å². The van der Waals surface area contributed by atoms with Crippen LogP contribution in [0.3, 0.4) is 0 Å². The fraction of sp³-hybridized carbons (Fsp3) is 0.476. The number of hydrogen-bond acceptors (Lipinski definition) is 6. The van der Waals surface area contributed by atoms with Gasteiger partial charge in [-0.05, 0) is 38.5 Å². The maximum Gasteiger partial charge on any atom is 0.261 e. The SMILES string of the molecule is COc1cccc(OC)c1C(=O)N1CC[C@H]2CN(c3nc(C)cc(C)n3)[C@H]2C1. The molecule has 2 aromatic rings. The average molecular weight is 382 g/mol. The molecule has 2 aliphatic rings. The Balaban J connectivity index is 1.56. The van der Waals surface area contributed by atoms with E-state index in [9.17, 15) is 4.79 Å². The zero-order chi connectivity index (χ0) is 19.8. The molecular weight excluding hydrogens is 356 g/mol. The minimum absolute atomic E-state index is 0.0547. The number of piperidine rings is 1. The molecular formula is C21H26N4O3. The quantitative estimate of drug-likeness (QED) is 0.809. The van der Waals surface area contributed by atoms with Crippen LogP contribution in [0.4, 0.5) is 5.95 Å². The lowest BCUT2D eigenvalue weighted by atomic mass is 9.82. The van der Waals surface area contributed by atoms with E-state index in [1.54, 1.807) is 26.4 Å². The first-order chi connectivity index (χ1) is 13.5. The number of hydrogen-bond donors (Lipinski definition) is 0. The molecule has 2 atom stereocenters. The third-order valence-electron chi connectivity index (χ3n) is 5.71. The number of aryl methyl sites for hydroxylation is 2. The van der Waals surface area contributed by atoms with E-state index >= 15 is 0 Å². The Labute approximate surface area is 165 Å². The lowest BCUT2D eigenvalue weighted by molar-refractivity contribution is 0.0583. The van der Waals surface area contributed by atoms with Crippen molar-refractivity contribution in [3.8, 4) is 11.5 Å². The molecule has 4 rings (SSSR count). The Morgan fingerprint density at radius 3 is 2.32 bits per heavy atom. The van der Waals surface area contributed by atoms with Crippen molar-refractivity contribution in [2.45, 2.75) is 26.3 Å². The maximum atomic E-state index is 13.3. The summed E-state index contributed by atoms with van der Waals surface area (Å²) in [6.07, 6.45) is 0.981. The van der Waals surface area contributed by atoms with Crippen LogP contribution in [0.15, 0.2) is 24.3 Å². The highest BCUT2D eigenvalue weighted by Gasteiger charge is 2.45. The van der Waals surface area contributed by atoms with E-state index in [0.717, 1.165) is 36.8 Å². The molecule has 0 bridgehead atoms. The first-order valence-corrected chi connectivity index (χ1v) is 9.61. The summed E-state index contributed by atoms with van der Waals surface area (Å²) < 4.78 is 10.8. The number of carbonyl (C=O) groups is 1. The van der Waals surface area contributed by atoms with Crippen LogP contribution in [0, 0.1) is 19.8 Å². The molecule has 2 aliphatic heterocycles. The van der Waals surface area contributed by atoms with E-state index in [4.69, 9.17) is 9.47 Å². The molecule has 3 heterocycles. The molecule has 0 radical (unpaired) electrons. The molecule has 1 amide bonds. The average Bonchev–Trinajstić information content (AvgIpc) is 2.67. The molecule has 0 spiro atoms. The van der Waals surface area contributed by atoms with Gasteiger partial charge in [-0.1, -0.05) is 6.07 Å². The zero-order valence-corrected chi connectivity index (χ0v) is 16.8. The summed E-state index contributed by atoms with van der Waals surface area (Å²) in [7, 11) is 3.14. The van der Waals surface area contributed by atoms with Gasteiger partial charge >= 0.3 is 0 Å². The van der Waals surface area contributed by atoms with Crippen molar-refractivity contribution in [2.24, 2.45) is 5.92 Å². The molecule has 1 aromatic carbocycles. The van der Waals surface area contributed by atoms with E-state index in [-0.39, 0.29) is 11.9 Å². The Kier molecular flexibility index (Phi) is 4.83. The molecule has 0 saturated carbocycles. The van der Waals surface area contributed by atoms with E-state index in [0.29, 0.717) is 29.5 Å². The summed E-state index contributed by atoms with van der Waals surface area (Å²) in [6.45, 7) is 6.32. The lowest BCUT2D eigenvalue weighted by Gasteiger charge is -2.53. The summed E-state index contributed by atoms with van der Waals surface area (Å²) in [4.78, 5) is 26.6. The molecule has 0 aliphatic carbocycles. The highest BCUT2D eigenvalue weighted by molar-refractivity contribution is 5.99. The van der Waals surface area contributed by atoms with Crippen LogP contribution in [0.1, 0.15) is 28.2 Å². The largest absolute Gasteiger partial charge is 0.496 e. The van der Waals surface area contributed by atoms with Crippen molar-refractivity contribution in [1.82, 2.24) is 14.9 Å². The number of aromatic nitrogens is 2. The molecule has 1 aromatic heterocycles. The van der Waals surface area contributed by atoms with Crippen LogP contribution in [-0.2, 0) is 0 Å². The Morgan fingerprint density at radius 1 is 1.07 bits per heavy atom. The van der Waals surface area contributed by atoms with Gasteiger partial charge < -0.3 is 19.3 Å². The molecule has 0 N–H and O–H groups in total. The molecule has 7 heteroatoms. The number of nitrogens with zero attached hydrogens (tertiary/aromatic N) is 4. The van der Waals surface area contributed by atoms with E-state index < -0.39 is 0 Å². The van der Waals surface area contributed by atoms with Crippen molar-refractivity contribution >= 4 is 11.9 Å². The Hall–Kier alpha value is -2.83. The Morgan fingerprint density at radius 2 is 1.71 bits per heavy atom. The van der Waals surface area contributed by atoms with Crippen molar-refractivity contribution in [1.29, 1.82) is 0 Å². The first kappa shape index (κ1) is 18.5. The smallest absolute Gasteiger partial charge is 0.261 e. The van der Waals surface area contributed by atoms with Crippen LogP contribution >= 0.6 is 0 Å². The third-order valence-corrected chi connectivity index (χ3v) is 5.71. The molecule has 0 unspecified atom stereocenters. The predicted molar refractivity (Wildman–Crippen MR) is 106 cm³/mol. The van der Waals surface area contributed by atoms with Gasteiger partial charge in [-0.25, -0.2) is 9.97 Å². The van der Waals surface area contributed by atoms with Crippen molar-refractivity contribution in [2.75, 3.05) is 38.8 Å². The minimum atomic E-state index is -0.0547. The zero-order valence-electron chi connectivity index (χ0n) is 16.8. The van der Waals surface area contributed by atoms with Crippen LogP contribution in [0.25, 0.3) is 0 Å². The summed E-state index contributed by atoms with van der Waals surface area (Å²) >= 11 is 0. The number of benzene rings is 1. The molecule has 2 saturated heterocycles. The number of methoxy groups -OCH3 is 2. The van der Waals surface area contributed by atoms with Crippen LogP contribution in [0.2, 0.25) is 0 Å². The highest BCUT2D eigenvalue weighted by Crippen LogP contribution is 2.37. The summed E-state index contributed by atoms with van der Waals surface area (Å²) in [5, 5.41) is 0. The molecule has 2 fully saturated rings. The molecule has 7 nitrogen and oxygen atoms in total. The van der Waals surface area contributed by atoms with Gasteiger partial charge in [-0.3, -0.25) is 4.79 Å². The second-order valence-corrected chi connectivity index (χ2v) is 7.51. The highest BCUT2D eigenvalue weighted by atomic mass is 16.5. The maximum absolute atomic E-state index is 13.3. The minimum Gasteiger partial charge on any atom is -0.496 e. The summed E-state index contributed by atoms with van der Waals surface area (Å²) in [5.41, 5.74) is 2.42. The van der Waals surface area contributed by atoms with Crippen molar-refractivity contribution in [3.05, 3.63) is 41.2 Å². The standard InChI is InChI=1S/C21H26N4O3/c1-13-10-14(2)23-21(22-13)25-11-15-8-9-24(12-16(15)25)20(26)19-17(27-3)6-5-7-18(19)28-4/h5-7,10,15-16H,8-9,11-12H2,1-4H3/t15-,16-/m0/s1. The predicted octanol–water partition coefficient (Wildman–Crippen LogP) is 2.46. The number of likely N-dealkylation sites (tertiary alicyclic amines) is 1. The topological polar surface area (TPSA) is 67.8 Å². The monoisotopic (exact) mass is 382 g/mol. The summed E-state index contributed by atoms with van der Waals surface area (Å²) in [6, 6.07) is 7.64. The second-order valence-electron chi connectivity index (χ2n) is 7.51. The fourth-order valence-electron chi connectivity index (χ4n) is 4.27. The van der Waals surface area contributed by atoms with Gasteiger partial charge in [0.1, 0.15) is 17.1 Å². The number of ether oxygens (including phenoxy) is 2. The third kappa shape index (κ3) is 3.15. The van der Waals surface area contributed by atoms with Crippen LogP contribution < -0.4 is 14.4 Å². The number of carbonyl (C=O) groups excluding carboxylic acids is 1. The van der Waals surface area contributed by atoms with E-state index in [2.05, 4.69) is 14.9 Å². The second kappa shape index (κ2) is 7.30. The van der Waals surface area contributed by atoms with Crippen LogP contribution in [0.5, 0.6) is 11.5 Å². The van der Waals surface area contributed by atoms with Gasteiger partial charge in [0.05, 0.1) is 20.3 Å². The first-order valence-electron chi connectivity index (χ1n) is 9.61. The van der Waals surface area contributed by atoms with E-state index in [1.807, 2.05) is 30.9 Å². The molecule has 148 valence electrons. The van der Waals surface area contributed by atoms with Crippen LogP contribution in [-0.4, -0.2) is 60.7 Å². The van der Waals surface area contributed by atoms with Crippen molar-refractivity contribution < 1.29 is 14.3 Å². The van der Waals surface area contributed by atoms with Gasteiger partial charge in [0, 0.05) is 36.9 Å².